The Morgan fingerprint density at radius 3 is 2.33 bits per heavy atom. The number of rotatable bonds is 7. The van der Waals surface area contributed by atoms with Gasteiger partial charge in [0, 0.05) is 25.2 Å². The summed E-state index contributed by atoms with van der Waals surface area (Å²) in [6.45, 7) is 4.65. The SMILES string of the molecule is COc1ccccc1CN(CC1CO1)CC1CO1. The van der Waals surface area contributed by atoms with Crippen molar-refractivity contribution in [3.8, 4) is 5.75 Å². The van der Waals surface area contributed by atoms with E-state index in [0.717, 1.165) is 38.6 Å². The smallest absolute Gasteiger partial charge is 0.123 e. The lowest BCUT2D eigenvalue weighted by Crippen LogP contribution is -2.31. The minimum Gasteiger partial charge on any atom is -0.496 e. The Labute approximate surface area is 107 Å². The summed E-state index contributed by atoms with van der Waals surface area (Å²) in [5.74, 6) is 0.955. The largest absolute Gasteiger partial charge is 0.496 e. The van der Waals surface area contributed by atoms with Crippen LogP contribution in [0, 0.1) is 0 Å². The van der Waals surface area contributed by atoms with Crippen LogP contribution in [0.15, 0.2) is 24.3 Å². The van der Waals surface area contributed by atoms with Crippen LogP contribution in [0.4, 0.5) is 0 Å². The van der Waals surface area contributed by atoms with Crippen LogP contribution in [-0.4, -0.2) is 50.5 Å². The van der Waals surface area contributed by atoms with E-state index in [1.807, 2.05) is 12.1 Å². The van der Waals surface area contributed by atoms with Crippen molar-refractivity contribution in [2.75, 3.05) is 33.4 Å². The molecule has 4 heteroatoms. The van der Waals surface area contributed by atoms with Crippen molar-refractivity contribution >= 4 is 0 Å². The average molecular weight is 249 g/mol. The Morgan fingerprint density at radius 2 is 1.78 bits per heavy atom. The predicted molar refractivity (Wildman–Crippen MR) is 67.8 cm³/mol. The summed E-state index contributed by atoms with van der Waals surface area (Å²) in [7, 11) is 1.72. The highest BCUT2D eigenvalue weighted by atomic mass is 16.6. The maximum Gasteiger partial charge on any atom is 0.123 e. The van der Waals surface area contributed by atoms with Gasteiger partial charge in [-0.1, -0.05) is 18.2 Å². The van der Waals surface area contributed by atoms with Crippen molar-refractivity contribution in [3.05, 3.63) is 29.8 Å². The molecule has 2 heterocycles. The monoisotopic (exact) mass is 249 g/mol. The summed E-state index contributed by atoms with van der Waals surface area (Å²) in [4.78, 5) is 2.40. The fraction of sp³-hybridized carbons (Fsp3) is 0.571. The quantitative estimate of drug-likeness (QED) is 0.683. The molecule has 0 spiro atoms. The molecule has 2 saturated heterocycles. The molecule has 98 valence electrons. The highest BCUT2D eigenvalue weighted by molar-refractivity contribution is 5.33. The van der Waals surface area contributed by atoms with Gasteiger partial charge in [-0.2, -0.15) is 0 Å². The lowest BCUT2D eigenvalue weighted by Gasteiger charge is -2.21. The molecular formula is C14H19NO3. The van der Waals surface area contributed by atoms with Gasteiger partial charge in [0.05, 0.1) is 32.5 Å². The number of methoxy groups -OCH3 is 1. The van der Waals surface area contributed by atoms with Crippen LogP contribution in [-0.2, 0) is 16.0 Å². The highest BCUT2D eigenvalue weighted by Crippen LogP contribution is 2.22. The Kier molecular flexibility index (Phi) is 3.50. The second-order valence-corrected chi connectivity index (χ2v) is 4.92. The molecule has 1 aromatic carbocycles. The molecule has 0 N–H and O–H groups in total. The summed E-state index contributed by atoms with van der Waals surface area (Å²) in [5, 5.41) is 0. The van der Waals surface area contributed by atoms with Crippen molar-refractivity contribution in [1.82, 2.24) is 4.90 Å². The third-order valence-electron chi connectivity index (χ3n) is 3.31. The van der Waals surface area contributed by atoms with E-state index in [9.17, 15) is 0 Å². The van der Waals surface area contributed by atoms with E-state index in [2.05, 4.69) is 17.0 Å². The number of hydrogen-bond acceptors (Lipinski definition) is 4. The van der Waals surface area contributed by atoms with E-state index in [-0.39, 0.29) is 0 Å². The second kappa shape index (κ2) is 5.26. The molecule has 18 heavy (non-hydrogen) atoms. The van der Waals surface area contributed by atoms with Gasteiger partial charge in [0.1, 0.15) is 5.75 Å². The molecule has 2 aliphatic heterocycles. The first-order valence-corrected chi connectivity index (χ1v) is 6.42. The molecule has 3 rings (SSSR count). The molecule has 2 aliphatic rings. The topological polar surface area (TPSA) is 37.5 Å². The number of nitrogens with zero attached hydrogens (tertiary/aromatic N) is 1. The van der Waals surface area contributed by atoms with Crippen LogP contribution in [0.1, 0.15) is 5.56 Å². The molecule has 4 nitrogen and oxygen atoms in total. The molecule has 2 unspecified atom stereocenters. The normalized spacial score (nSPS) is 25.2. The standard InChI is InChI=1S/C14H19NO3/c1-16-14-5-3-2-4-11(14)6-15(7-12-9-17-12)8-13-10-18-13/h2-5,12-13H,6-10H2,1H3. The van der Waals surface area contributed by atoms with Gasteiger partial charge < -0.3 is 14.2 Å². The third-order valence-corrected chi connectivity index (χ3v) is 3.31. The Bertz CT molecular complexity index is 388. The van der Waals surface area contributed by atoms with Gasteiger partial charge in [0.2, 0.25) is 0 Å². The van der Waals surface area contributed by atoms with Gasteiger partial charge in [-0.15, -0.1) is 0 Å². The first-order chi connectivity index (χ1) is 8.85. The van der Waals surface area contributed by atoms with Crippen LogP contribution >= 0.6 is 0 Å². The van der Waals surface area contributed by atoms with E-state index in [0.29, 0.717) is 12.2 Å². The van der Waals surface area contributed by atoms with Crippen LogP contribution in [0.5, 0.6) is 5.75 Å². The van der Waals surface area contributed by atoms with Gasteiger partial charge in [-0.25, -0.2) is 0 Å². The van der Waals surface area contributed by atoms with E-state index in [1.54, 1.807) is 7.11 Å². The zero-order valence-electron chi connectivity index (χ0n) is 10.7. The van der Waals surface area contributed by atoms with E-state index in [4.69, 9.17) is 14.2 Å². The summed E-state index contributed by atoms with van der Waals surface area (Å²) >= 11 is 0. The van der Waals surface area contributed by atoms with Gasteiger partial charge in [0.25, 0.3) is 0 Å². The average Bonchev–Trinajstić information content (AvgIpc) is 3.26. The minimum atomic E-state index is 0.415. The summed E-state index contributed by atoms with van der Waals surface area (Å²) < 4.78 is 16.0. The van der Waals surface area contributed by atoms with Crippen molar-refractivity contribution in [2.24, 2.45) is 0 Å². The number of ether oxygens (including phenoxy) is 3. The Balaban J connectivity index is 1.65. The van der Waals surface area contributed by atoms with Crippen molar-refractivity contribution < 1.29 is 14.2 Å². The van der Waals surface area contributed by atoms with E-state index in [1.165, 1.54) is 5.56 Å². The van der Waals surface area contributed by atoms with Crippen molar-refractivity contribution in [2.45, 2.75) is 18.8 Å². The first kappa shape index (κ1) is 12.0. The molecule has 0 saturated carbocycles. The van der Waals surface area contributed by atoms with Gasteiger partial charge in [0.15, 0.2) is 0 Å². The second-order valence-electron chi connectivity index (χ2n) is 4.92. The van der Waals surface area contributed by atoms with Crippen LogP contribution in [0.2, 0.25) is 0 Å². The lowest BCUT2D eigenvalue weighted by molar-refractivity contribution is 0.210. The van der Waals surface area contributed by atoms with Crippen molar-refractivity contribution in [3.63, 3.8) is 0 Å². The fourth-order valence-corrected chi connectivity index (χ4v) is 2.20. The zero-order valence-corrected chi connectivity index (χ0v) is 10.7. The molecular weight excluding hydrogens is 230 g/mol. The number of epoxide rings is 2. The van der Waals surface area contributed by atoms with Gasteiger partial charge in [-0.05, 0) is 6.07 Å². The van der Waals surface area contributed by atoms with Gasteiger partial charge >= 0.3 is 0 Å². The first-order valence-electron chi connectivity index (χ1n) is 6.42. The van der Waals surface area contributed by atoms with Crippen LogP contribution in [0.3, 0.4) is 0 Å². The zero-order chi connectivity index (χ0) is 12.4. The number of hydrogen-bond donors (Lipinski definition) is 0. The molecule has 0 aliphatic carbocycles. The molecule has 0 radical (unpaired) electrons. The third kappa shape index (κ3) is 3.22. The van der Waals surface area contributed by atoms with Crippen molar-refractivity contribution in [1.29, 1.82) is 0 Å². The Hall–Kier alpha value is -1.10. The highest BCUT2D eigenvalue weighted by Gasteiger charge is 2.30. The molecule has 0 aromatic heterocycles. The summed E-state index contributed by atoms with van der Waals surface area (Å²) in [6.07, 6.45) is 0.830. The van der Waals surface area contributed by atoms with E-state index >= 15 is 0 Å². The minimum absolute atomic E-state index is 0.415. The molecule has 0 bridgehead atoms. The summed E-state index contributed by atoms with van der Waals surface area (Å²) in [5.41, 5.74) is 1.22. The van der Waals surface area contributed by atoms with Crippen LogP contribution in [0.25, 0.3) is 0 Å². The maximum atomic E-state index is 5.40. The predicted octanol–water partition coefficient (Wildman–Crippen LogP) is 1.29. The molecule has 0 amide bonds. The number of para-hydroxylation sites is 1. The Morgan fingerprint density at radius 1 is 1.17 bits per heavy atom. The molecule has 2 fully saturated rings. The molecule has 2 atom stereocenters. The van der Waals surface area contributed by atoms with Gasteiger partial charge in [-0.3, -0.25) is 4.90 Å². The fourth-order valence-electron chi connectivity index (χ4n) is 2.20. The van der Waals surface area contributed by atoms with E-state index < -0.39 is 0 Å². The summed E-state index contributed by atoms with van der Waals surface area (Å²) in [6, 6.07) is 8.18. The molecule has 1 aromatic rings. The lowest BCUT2D eigenvalue weighted by atomic mass is 10.2. The van der Waals surface area contributed by atoms with Crippen LogP contribution < -0.4 is 4.74 Å². The maximum absolute atomic E-state index is 5.40. The number of benzene rings is 1.